The number of carbonyl (C=O) groups is 2. The summed E-state index contributed by atoms with van der Waals surface area (Å²) in [7, 11) is 3.01. The molecule has 1 aliphatic rings. The molecule has 0 unspecified atom stereocenters. The number of amidine groups is 1. The average molecular weight is 428 g/mol. The number of hydrogen-bond acceptors (Lipinski definition) is 8. The molecule has 1 aliphatic heterocycles. The predicted molar refractivity (Wildman–Crippen MR) is 115 cm³/mol. The van der Waals surface area contributed by atoms with Crippen molar-refractivity contribution < 1.29 is 24.2 Å². The van der Waals surface area contributed by atoms with Gasteiger partial charge in [0.25, 0.3) is 0 Å². The minimum Gasteiger partial charge on any atom is -0.504 e. The summed E-state index contributed by atoms with van der Waals surface area (Å²) in [6.45, 7) is 0. The molecule has 1 saturated heterocycles. The summed E-state index contributed by atoms with van der Waals surface area (Å²) in [5.41, 5.74) is 1.28. The summed E-state index contributed by atoms with van der Waals surface area (Å²) in [4.78, 5) is 24.3. The van der Waals surface area contributed by atoms with Crippen molar-refractivity contribution in [1.29, 1.82) is 0 Å². The van der Waals surface area contributed by atoms with Crippen molar-refractivity contribution in [3.05, 3.63) is 48.0 Å². The van der Waals surface area contributed by atoms with E-state index in [1.165, 1.54) is 19.4 Å². The second-order valence-corrected chi connectivity index (χ2v) is 7.35. The first kappa shape index (κ1) is 21.2. The van der Waals surface area contributed by atoms with Crippen LogP contribution in [0.15, 0.2) is 52.7 Å². The zero-order chi connectivity index (χ0) is 21.5. The van der Waals surface area contributed by atoms with E-state index in [-0.39, 0.29) is 24.0 Å². The minimum absolute atomic E-state index is 0.000421. The molecule has 1 heterocycles. The summed E-state index contributed by atoms with van der Waals surface area (Å²) in [5, 5.41) is 22.6. The van der Waals surface area contributed by atoms with Crippen LogP contribution in [0.5, 0.6) is 17.2 Å². The third-order valence-corrected chi connectivity index (χ3v) is 5.15. The minimum atomic E-state index is -0.592. The van der Waals surface area contributed by atoms with E-state index in [9.17, 15) is 14.7 Å². The van der Waals surface area contributed by atoms with Gasteiger partial charge in [-0.1, -0.05) is 11.8 Å². The summed E-state index contributed by atoms with van der Waals surface area (Å²) < 4.78 is 10.1. The highest BCUT2D eigenvalue weighted by Crippen LogP contribution is 2.26. The van der Waals surface area contributed by atoms with Gasteiger partial charge in [0.1, 0.15) is 11.0 Å². The molecule has 0 aromatic heterocycles. The molecular weight excluding hydrogens is 408 g/mol. The van der Waals surface area contributed by atoms with E-state index < -0.39 is 5.25 Å². The van der Waals surface area contributed by atoms with E-state index in [1.807, 2.05) is 0 Å². The molecule has 0 aliphatic carbocycles. The number of nitrogens with zero attached hydrogens (tertiary/aromatic N) is 2. The highest BCUT2D eigenvalue weighted by molar-refractivity contribution is 8.15. The van der Waals surface area contributed by atoms with Crippen molar-refractivity contribution in [2.75, 3.05) is 19.5 Å². The lowest BCUT2D eigenvalue weighted by atomic mass is 10.2. The number of aromatic hydroxyl groups is 1. The van der Waals surface area contributed by atoms with Gasteiger partial charge in [-0.3, -0.25) is 9.59 Å². The molecule has 3 N–H and O–H groups in total. The molecular formula is C20H20N4O5S. The van der Waals surface area contributed by atoms with E-state index in [4.69, 9.17) is 9.47 Å². The number of methoxy groups -OCH3 is 2. The molecule has 0 radical (unpaired) electrons. The lowest BCUT2D eigenvalue weighted by Crippen LogP contribution is -2.28. The van der Waals surface area contributed by atoms with Crippen molar-refractivity contribution in [3.63, 3.8) is 0 Å². The summed E-state index contributed by atoms with van der Waals surface area (Å²) in [6.07, 6.45) is 1.46. The van der Waals surface area contributed by atoms with E-state index in [0.29, 0.717) is 27.9 Å². The molecule has 2 aromatic rings. The molecule has 0 bridgehead atoms. The molecule has 3 rings (SSSR count). The molecule has 1 atom stereocenters. The van der Waals surface area contributed by atoms with Crippen molar-refractivity contribution in [2.24, 2.45) is 10.2 Å². The van der Waals surface area contributed by atoms with Gasteiger partial charge in [-0.05, 0) is 48.0 Å². The van der Waals surface area contributed by atoms with Gasteiger partial charge in [0.15, 0.2) is 16.7 Å². The first-order valence-corrected chi connectivity index (χ1v) is 9.76. The Balaban J connectivity index is 1.55. The topological polar surface area (TPSA) is 122 Å². The lowest BCUT2D eigenvalue weighted by molar-refractivity contribution is -0.122. The number of amides is 2. The molecule has 30 heavy (non-hydrogen) atoms. The molecule has 0 saturated carbocycles. The third kappa shape index (κ3) is 5.51. The maximum absolute atomic E-state index is 12.2. The smallest absolute Gasteiger partial charge is 0.240 e. The Hall–Kier alpha value is -3.53. The third-order valence-electron chi connectivity index (χ3n) is 4.08. The van der Waals surface area contributed by atoms with Crippen LogP contribution in [0.4, 0.5) is 5.69 Å². The number of anilines is 1. The fraction of sp³-hybridized carbons (Fsp3) is 0.200. The highest BCUT2D eigenvalue weighted by Gasteiger charge is 2.32. The Morgan fingerprint density at radius 3 is 2.70 bits per heavy atom. The number of nitrogens with one attached hydrogen (secondary N) is 2. The number of ether oxygens (including phenoxy) is 2. The van der Waals surface area contributed by atoms with Crippen molar-refractivity contribution in [3.8, 4) is 17.2 Å². The number of benzene rings is 2. The number of carbonyl (C=O) groups excluding carboxylic acids is 2. The zero-order valence-corrected chi connectivity index (χ0v) is 17.1. The zero-order valence-electron chi connectivity index (χ0n) is 16.3. The number of thioether (sulfide) groups is 1. The van der Waals surface area contributed by atoms with Crippen molar-refractivity contribution in [1.82, 2.24) is 5.32 Å². The average Bonchev–Trinajstić information content (AvgIpc) is 3.08. The molecule has 2 amide bonds. The van der Waals surface area contributed by atoms with Crippen LogP contribution >= 0.6 is 11.8 Å². The Morgan fingerprint density at radius 2 is 2.00 bits per heavy atom. The molecule has 2 aromatic carbocycles. The van der Waals surface area contributed by atoms with Crippen molar-refractivity contribution >= 4 is 40.6 Å². The van der Waals surface area contributed by atoms with Crippen LogP contribution < -0.4 is 20.1 Å². The maximum atomic E-state index is 12.2. The Bertz CT molecular complexity index is 991. The van der Waals surface area contributed by atoms with E-state index in [2.05, 4.69) is 20.8 Å². The van der Waals surface area contributed by atoms with Crippen LogP contribution in [-0.2, 0) is 9.59 Å². The number of phenolic OH excluding ortho intramolecular Hbond substituents is 1. The molecule has 0 spiro atoms. The summed E-state index contributed by atoms with van der Waals surface area (Å²) in [5.74, 6) is 0.443. The summed E-state index contributed by atoms with van der Waals surface area (Å²) >= 11 is 1.14. The van der Waals surface area contributed by atoms with Gasteiger partial charge in [0.05, 0.1) is 20.4 Å². The van der Waals surface area contributed by atoms with Gasteiger partial charge < -0.3 is 25.2 Å². The van der Waals surface area contributed by atoms with Gasteiger partial charge in [0.2, 0.25) is 11.8 Å². The van der Waals surface area contributed by atoms with Gasteiger partial charge in [-0.25, -0.2) is 0 Å². The second kappa shape index (κ2) is 9.79. The predicted octanol–water partition coefficient (Wildman–Crippen LogP) is 2.36. The molecule has 1 fully saturated rings. The van der Waals surface area contributed by atoms with Gasteiger partial charge in [-0.2, -0.15) is 5.10 Å². The van der Waals surface area contributed by atoms with Gasteiger partial charge in [0, 0.05) is 12.1 Å². The van der Waals surface area contributed by atoms with Crippen LogP contribution in [0.3, 0.4) is 0 Å². The van der Waals surface area contributed by atoms with Crippen LogP contribution in [0, 0.1) is 0 Å². The first-order valence-electron chi connectivity index (χ1n) is 8.88. The second-order valence-electron chi connectivity index (χ2n) is 6.16. The van der Waals surface area contributed by atoms with Crippen LogP contribution in [0.1, 0.15) is 12.0 Å². The first-order chi connectivity index (χ1) is 14.5. The molecule has 9 nitrogen and oxygen atoms in total. The Kier molecular flexibility index (Phi) is 6.91. The fourth-order valence-electron chi connectivity index (χ4n) is 2.56. The lowest BCUT2D eigenvalue weighted by Gasteiger charge is -2.08. The molecule has 10 heteroatoms. The van der Waals surface area contributed by atoms with E-state index in [0.717, 1.165) is 11.8 Å². The normalized spacial score (nSPS) is 17.2. The Morgan fingerprint density at radius 1 is 1.23 bits per heavy atom. The quantitative estimate of drug-likeness (QED) is 0.460. The summed E-state index contributed by atoms with van der Waals surface area (Å²) in [6, 6.07) is 11.6. The number of rotatable bonds is 7. The fourth-order valence-corrected chi connectivity index (χ4v) is 3.49. The highest BCUT2D eigenvalue weighted by atomic mass is 32.2. The van der Waals surface area contributed by atoms with Crippen LogP contribution in [0.2, 0.25) is 0 Å². The maximum Gasteiger partial charge on any atom is 0.240 e. The van der Waals surface area contributed by atoms with E-state index >= 15 is 0 Å². The standard InChI is InChI=1S/C20H20N4O5S/c1-28-14-6-4-13(5-7-14)22-18(26)10-17-19(27)23-20(30-17)24-21-11-12-3-8-15(25)16(9-12)29-2/h3-9,11,17,25H,10H2,1-2H3,(H,22,26)(H,23,24,27)/t17-/m1/s1. The van der Waals surface area contributed by atoms with Crippen LogP contribution in [-0.4, -0.2) is 47.8 Å². The SMILES string of the molecule is COc1ccc(NC(=O)C[C@H]2SC(=NN=Cc3ccc(O)c(OC)c3)NC2=O)cc1. The van der Waals surface area contributed by atoms with Gasteiger partial charge in [-0.15, -0.1) is 5.10 Å². The number of phenols is 1. The largest absolute Gasteiger partial charge is 0.504 e. The Labute approximate surface area is 177 Å². The monoisotopic (exact) mass is 428 g/mol. The molecule has 156 valence electrons. The van der Waals surface area contributed by atoms with Crippen LogP contribution in [0.25, 0.3) is 0 Å². The van der Waals surface area contributed by atoms with Crippen molar-refractivity contribution in [2.45, 2.75) is 11.7 Å². The van der Waals surface area contributed by atoms with E-state index in [1.54, 1.807) is 43.5 Å². The van der Waals surface area contributed by atoms with Gasteiger partial charge >= 0.3 is 0 Å². The number of hydrogen-bond donors (Lipinski definition) is 3.